The Morgan fingerprint density at radius 1 is 1.17 bits per heavy atom. The highest BCUT2D eigenvalue weighted by molar-refractivity contribution is 7.82. The predicted molar refractivity (Wildman–Crippen MR) is 101 cm³/mol. The molecule has 1 aromatic carbocycles. The molecule has 0 unspecified atom stereocenters. The van der Waals surface area contributed by atoms with Gasteiger partial charge in [0.1, 0.15) is 0 Å². The highest BCUT2D eigenvalue weighted by Gasteiger charge is 2.24. The Morgan fingerprint density at radius 2 is 1.70 bits per heavy atom. The van der Waals surface area contributed by atoms with Crippen LogP contribution < -0.4 is 9.62 Å². The smallest absolute Gasteiger partial charge is 0.332 e. The molecule has 23 heavy (non-hydrogen) atoms. The van der Waals surface area contributed by atoms with E-state index in [0.717, 1.165) is 37.3 Å². The first-order valence-corrected chi connectivity index (χ1v) is 9.28. The van der Waals surface area contributed by atoms with Crippen LogP contribution in [0, 0.1) is 12.8 Å². The van der Waals surface area contributed by atoms with Gasteiger partial charge in [0, 0.05) is 6.04 Å². The summed E-state index contributed by atoms with van der Waals surface area (Å²) in [4.78, 5) is 12.7. The normalized spacial score (nSPS) is 21.1. The maximum Gasteiger partial charge on any atom is 0.332 e. The molecule has 0 heterocycles. The third-order valence-corrected chi connectivity index (χ3v) is 5.30. The van der Waals surface area contributed by atoms with Crippen LogP contribution >= 0.6 is 12.8 Å². The summed E-state index contributed by atoms with van der Waals surface area (Å²) in [6, 6.07) is 4.51. The molecule has 1 aromatic rings. The fourth-order valence-electron chi connectivity index (χ4n) is 3.49. The van der Waals surface area contributed by atoms with E-state index in [9.17, 15) is 4.79 Å². The third-order valence-electron chi connectivity index (χ3n) is 4.92. The van der Waals surface area contributed by atoms with Crippen molar-refractivity contribution in [1.29, 1.82) is 0 Å². The molecule has 1 fully saturated rings. The zero-order valence-corrected chi connectivity index (χ0v) is 15.7. The molecular formula is C19H30N2OS. The van der Waals surface area contributed by atoms with Gasteiger partial charge in [-0.2, -0.15) is 0 Å². The van der Waals surface area contributed by atoms with E-state index in [0.29, 0.717) is 0 Å². The maximum absolute atomic E-state index is 12.7. The van der Waals surface area contributed by atoms with Gasteiger partial charge >= 0.3 is 6.03 Å². The van der Waals surface area contributed by atoms with Crippen LogP contribution in [0.25, 0.3) is 0 Å². The van der Waals surface area contributed by atoms with E-state index >= 15 is 0 Å². The van der Waals surface area contributed by atoms with Crippen molar-refractivity contribution in [2.75, 3.05) is 4.31 Å². The minimum absolute atomic E-state index is 0.0962. The van der Waals surface area contributed by atoms with E-state index in [1.807, 2.05) is 0 Å². The van der Waals surface area contributed by atoms with E-state index in [1.165, 1.54) is 33.8 Å². The van der Waals surface area contributed by atoms with Crippen LogP contribution in [0.15, 0.2) is 12.1 Å². The van der Waals surface area contributed by atoms with E-state index in [4.69, 9.17) is 0 Å². The number of thiol groups is 1. The van der Waals surface area contributed by atoms with Crippen molar-refractivity contribution in [2.45, 2.75) is 72.3 Å². The van der Waals surface area contributed by atoms with Crippen LogP contribution in [0.2, 0.25) is 0 Å². The standard InChI is InChI=1S/C19H30N2OS/c1-5-15-11-14(4)12-16(6-2)18(15)21(23)19(22)20-17-9-7-13(3)8-10-17/h11-13,17,23H,5-10H2,1-4H3,(H,20,22). The van der Waals surface area contributed by atoms with Crippen molar-refractivity contribution in [2.24, 2.45) is 5.92 Å². The quantitative estimate of drug-likeness (QED) is 0.741. The molecule has 0 spiro atoms. The van der Waals surface area contributed by atoms with Gasteiger partial charge in [-0.15, -0.1) is 0 Å². The topological polar surface area (TPSA) is 32.3 Å². The van der Waals surface area contributed by atoms with Gasteiger partial charge in [0.05, 0.1) is 5.69 Å². The number of nitrogens with zero attached hydrogens (tertiary/aromatic N) is 1. The fourth-order valence-corrected chi connectivity index (χ4v) is 3.80. The Labute approximate surface area is 146 Å². The molecule has 0 saturated heterocycles. The van der Waals surface area contributed by atoms with Gasteiger partial charge in [0.15, 0.2) is 0 Å². The lowest BCUT2D eigenvalue weighted by Gasteiger charge is -2.29. The molecule has 0 radical (unpaired) electrons. The SMILES string of the molecule is CCc1cc(C)cc(CC)c1N(S)C(=O)NC1CCC(C)CC1. The van der Waals surface area contributed by atoms with Crippen LogP contribution in [-0.2, 0) is 12.8 Å². The number of nitrogens with one attached hydrogen (secondary N) is 1. The highest BCUT2D eigenvalue weighted by atomic mass is 32.1. The summed E-state index contributed by atoms with van der Waals surface area (Å²) in [6.45, 7) is 8.64. The second kappa shape index (κ2) is 8.09. The molecule has 0 aliphatic heterocycles. The summed E-state index contributed by atoms with van der Waals surface area (Å²) in [6.07, 6.45) is 6.34. The summed E-state index contributed by atoms with van der Waals surface area (Å²) < 4.78 is 1.52. The van der Waals surface area contributed by atoms with E-state index in [2.05, 4.69) is 58.0 Å². The van der Waals surface area contributed by atoms with Gasteiger partial charge in [0.25, 0.3) is 0 Å². The average Bonchev–Trinajstić information content (AvgIpc) is 2.55. The Bertz CT molecular complexity index is 525. The van der Waals surface area contributed by atoms with Crippen LogP contribution in [0.1, 0.15) is 63.1 Å². The monoisotopic (exact) mass is 334 g/mol. The molecule has 2 rings (SSSR count). The predicted octanol–water partition coefficient (Wildman–Crippen LogP) is 5.06. The lowest BCUT2D eigenvalue weighted by Crippen LogP contribution is -2.43. The molecule has 1 saturated carbocycles. The van der Waals surface area contributed by atoms with Gasteiger partial charge < -0.3 is 5.32 Å². The maximum atomic E-state index is 12.7. The number of hydrogen-bond acceptors (Lipinski definition) is 2. The second-order valence-electron chi connectivity index (χ2n) is 6.86. The molecule has 0 aromatic heterocycles. The summed E-state index contributed by atoms with van der Waals surface area (Å²) in [5.74, 6) is 0.783. The molecule has 1 aliphatic carbocycles. The number of carbonyl (C=O) groups excluding carboxylic acids is 1. The number of carbonyl (C=O) groups is 1. The summed E-state index contributed by atoms with van der Waals surface area (Å²) >= 11 is 4.53. The molecule has 3 nitrogen and oxygen atoms in total. The van der Waals surface area contributed by atoms with Crippen molar-refractivity contribution in [3.05, 3.63) is 28.8 Å². The number of urea groups is 1. The highest BCUT2D eigenvalue weighted by Crippen LogP contribution is 2.30. The average molecular weight is 335 g/mol. The first-order chi connectivity index (χ1) is 11.0. The Kier molecular flexibility index (Phi) is 6.40. The van der Waals surface area contributed by atoms with Crippen LogP contribution in [-0.4, -0.2) is 12.1 Å². The van der Waals surface area contributed by atoms with Gasteiger partial charge in [-0.25, -0.2) is 9.10 Å². The van der Waals surface area contributed by atoms with Crippen molar-refractivity contribution in [1.82, 2.24) is 5.32 Å². The first-order valence-electron chi connectivity index (χ1n) is 8.88. The van der Waals surface area contributed by atoms with Gasteiger partial charge in [0.2, 0.25) is 0 Å². The van der Waals surface area contributed by atoms with Gasteiger partial charge in [-0.05, 0) is 62.5 Å². The first kappa shape index (κ1) is 18.2. The minimum atomic E-state index is -0.0962. The summed E-state index contributed by atoms with van der Waals surface area (Å²) in [5.41, 5.74) is 4.57. The largest absolute Gasteiger partial charge is 0.334 e. The van der Waals surface area contributed by atoms with Gasteiger partial charge in [-0.3, -0.25) is 0 Å². The van der Waals surface area contributed by atoms with Crippen LogP contribution in [0.3, 0.4) is 0 Å². The molecule has 0 atom stereocenters. The molecule has 1 aliphatic rings. The minimum Gasteiger partial charge on any atom is -0.334 e. The van der Waals surface area contributed by atoms with Crippen molar-refractivity contribution >= 4 is 24.5 Å². The number of benzene rings is 1. The van der Waals surface area contributed by atoms with Gasteiger partial charge in [-0.1, -0.05) is 51.3 Å². The number of aryl methyl sites for hydroxylation is 3. The zero-order valence-electron chi connectivity index (χ0n) is 14.9. The summed E-state index contributed by atoms with van der Waals surface area (Å²) in [7, 11) is 0. The zero-order chi connectivity index (χ0) is 17.0. The Hall–Kier alpha value is -1.16. The van der Waals surface area contributed by atoms with E-state index in [1.54, 1.807) is 0 Å². The number of anilines is 1. The molecule has 4 heteroatoms. The van der Waals surface area contributed by atoms with Crippen LogP contribution in [0.4, 0.5) is 10.5 Å². The van der Waals surface area contributed by atoms with Crippen molar-refractivity contribution in [3.8, 4) is 0 Å². The van der Waals surface area contributed by atoms with E-state index in [-0.39, 0.29) is 12.1 Å². The van der Waals surface area contributed by atoms with Crippen molar-refractivity contribution in [3.63, 3.8) is 0 Å². The van der Waals surface area contributed by atoms with Crippen molar-refractivity contribution < 1.29 is 4.79 Å². The van der Waals surface area contributed by atoms with Crippen LogP contribution in [0.5, 0.6) is 0 Å². The molecule has 0 bridgehead atoms. The number of amides is 2. The lowest BCUT2D eigenvalue weighted by atomic mass is 9.87. The number of rotatable bonds is 4. The lowest BCUT2D eigenvalue weighted by molar-refractivity contribution is 0.237. The number of hydrogen-bond donors (Lipinski definition) is 2. The fraction of sp³-hybridized carbons (Fsp3) is 0.632. The Morgan fingerprint density at radius 3 is 2.17 bits per heavy atom. The molecule has 1 N–H and O–H groups in total. The Balaban J connectivity index is 2.15. The molecular weight excluding hydrogens is 304 g/mol. The summed E-state index contributed by atoms with van der Waals surface area (Å²) in [5, 5.41) is 3.17. The second-order valence-corrected chi connectivity index (χ2v) is 7.26. The third kappa shape index (κ3) is 4.43. The molecule has 128 valence electrons. The molecule has 2 amide bonds. The van der Waals surface area contributed by atoms with E-state index < -0.39 is 0 Å².